The maximum absolute atomic E-state index is 17.2. The first kappa shape index (κ1) is 36.3. The van der Waals surface area contributed by atoms with Gasteiger partial charge in [-0.25, -0.2) is 0 Å². The molecule has 0 aliphatic carbocycles. The van der Waals surface area contributed by atoms with Gasteiger partial charge in [0.1, 0.15) is 23.0 Å². The molecule has 1 aliphatic rings. The van der Waals surface area contributed by atoms with Crippen LogP contribution in [-0.2, 0) is 0 Å². The summed E-state index contributed by atoms with van der Waals surface area (Å²) in [4.78, 5) is 0. The average molecular weight is 786 g/mol. The summed E-state index contributed by atoms with van der Waals surface area (Å²) in [5.41, 5.74) is 0. The molecule has 4 aromatic carbocycles. The minimum Gasteiger partial charge on any atom is -0.419 e. The van der Waals surface area contributed by atoms with Crippen LogP contribution in [0.15, 0.2) is 148 Å². The first-order valence-electron chi connectivity index (χ1n) is 13.5. The molecule has 0 saturated heterocycles. The molecule has 6 atom stereocenters. The number of halogens is 6. The number of rotatable bonds is 8. The van der Waals surface area contributed by atoms with Crippen molar-refractivity contribution in [2.45, 2.75) is 0 Å². The zero-order valence-electron chi connectivity index (χ0n) is 24.8. The minimum atomic E-state index is -5.84. The third kappa shape index (κ3) is 10.5. The Labute approximate surface area is 273 Å². The average Bonchev–Trinajstić information content (AvgIpc) is 2.96. The summed E-state index contributed by atoms with van der Waals surface area (Å²) < 4.78 is 141. The van der Waals surface area contributed by atoms with Crippen molar-refractivity contribution in [2.24, 2.45) is 27.1 Å². The molecule has 0 amide bonds. The number of nitrogens with zero attached hydrogens (tertiary/aromatic N) is 6. The Bertz CT molecular complexity index is 2010. The van der Waals surface area contributed by atoms with E-state index in [0.717, 1.165) is 0 Å². The second-order valence-electron chi connectivity index (χ2n) is 9.67. The second kappa shape index (κ2) is 14.5. The van der Waals surface area contributed by atoms with Crippen LogP contribution in [0.1, 0.15) is 0 Å². The monoisotopic (exact) mass is 786 g/mol. The lowest BCUT2D eigenvalue weighted by atomic mass is 10.3. The van der Waals surface area contributed by atoms with Crippen LogP contribution in [0.2, 0.25) is 0 Å². The Hall–Kier alpha value is -2.96. The highest BCUT2D eigenvalue weighted by Crippen LogP contribution is 2.80. The van der Waals surface area contributed by atoms with Gasteiger partial charge < -0.3 is 18.1 Å². The van der Waals surface area contributed by atoms with Gasteiger partial charge >= 0.3 is 31.0 Å². The highest BCUT2D eigenvalue weighted by molar-refractivity contribution is 7.80. The Morgan fingerprint density at radius 1 is 0.333 bits per heavy atom. The van der Waals surface area contributed by atoms with Gasteiger partial charge in [0.05, 0.1) is 0 Å². The molecule has 10 nitrogen and oxygen atoms in total. The molecule has 48 heavy (non-hydrogen) atoms. The predicted molar refractivity (Wildman–Crippen MR) is 183 cm³/mol. The van der Waals surface area contributed by atoms with Gasteiger partial charge in [-0.15, -0.1) is 39.4 Å². The fraction of sp³-hybridized carbons (Fsp3) is 0.0769. The summed E-state index contributed by atoms with van der Waals surface area (Å²) in [6, 6.07) is 27.2. The van der Waals surface area contributed by atoms with Crippen LogP contribution in [-0.4, -0.2) is 13.3 Å². The van der Waals surface area contributed by atoms with E-state index in [9.17, 15) is 0 Å². The van der Waals surface area contributed by atoms with Crippen LogP contribution >= 0.6 is 46.0 Å². The van der Waals surface area contributed by atoms with Gasteiger partial charge in [-0.05, 0) is 48.5 Å². The van der Waals surface area contributed by atoms with Gasteiger partial charge in [0, 0.05) is 13.3 Å². The number of hydrogen-bond donors (Lipinski definition) is 0. The van der Waals surface area contributed by atoms with Gasteiger partial charge in [-0.1, -0.05) is 72.8 Å². The lowest BCUT2D eigenvalue weighted by Crippen LogP contribution is -1.94. The zero-order chi connectivity index (χ0) is 34.5. The SMILES string of the molecule is CP1(F)=NP(C)(F)=NP(F)(Oc2ccccc2)=NP(F)(Oc2ccccc2)=NP(F)(Oc2ccccc2)=NP(F)(Oc2ccccc2)=N1. The molecule has 1 heterocycles. The molecule has 0 fully saturated rings. The molecule has 0 radical (unpaired) electrons. The Balaban J connectivity index is 1.90. The van der Waals surface area contributed by atoms with Crippen molar-refractivity contribution < 1.29 is 43.3 Å². The quantitative estimate of drug-likeness (QED) is 0.131. The molecule has 256 valence electrons. The van der Waals surface area contributed by atoms with Crippen molar-refractivity contribution in [1.82, 2.24) is 0 Å². The smallest absolute Gasteiger partial charge is 0.419 e. The Morgan fingerprint density at radius 3 is 0.854 bits per heavy atom. The van der Waals surface area contributed by atoms with E-state index in [-0.39, 0.29) is 23.0 Å². The normalized spacial score (nSPS) is 32.0. The maximum Gasteiger partial charge on any atom is 0.443 e. The van der Waals surface area contributed by atoms with E-state index in [1.165, 1.54) is 109 Å². The molecule has 5 rings (SSSR count). The van der Waals surface area contributed by atoms with Crippen LogP contribution in [0.3, 0.4) is 0 Å². The van der Waals surface area contributed by atoms with E-state index in [0.29, 0.717) is 13.3 Å². The van der Waals surface area contributed by atoms with Crippen molar-refractivity contribution in [1.29, 1.82) is 0 Å². The van der Waals surface area contributed by atoms with Crippen LogP contribution in [0.5, 0.6) is 23.0 Å². The molecule has 4 aromatic rings. The largest absolute Gasteiger partial charge is 0.443 e. The molecule has 6 unspecified atom stereocenters. The Morgan fingerprint density at radius 2 is 0.562 bits per heavy atom. The van der Waals surface area contributed by atoms with Crippen LogP contribution in [0, 0.1) is 0 Å². The number of hydrogen-bond acceptors (Lipinski definition) is 10. The van der Waals surface area contributed by atoms with E-state index < -0.39 is 46.0 Å². The molecule has 0 aromatic heterocycles. The van der Waals surface area contributed by atoms with E-state index >= 15 is 25.2 Å². The summed E-state index contributed by atoms with van der Waals surface area (Å²) in [5, 5.41) is 0. The van der Waals surface area contributed by atoms with Crippen molar-refractivity contribution in [2.75, 3.05) is 13.3 Å². The third-order valence-corrected chi connectivity index (χ3v) is 19.5. The summed E-state index contributed by atoms with van der Waals surface area (Å²) in [6.45, 7) is 1.22. The van der Waals surface area contributed by atoms with Gasteiger partial charge in [0.25, 0.3) is 0 Å². The molecular formula is C26H26F6N6O4P6. The van der Waals surface area contributed by atoms with Crippen LogP contribution in [0.4, 0.5) is 25.2 Å². The standard InChI is InChI=1S/C26H26F6N6O4P6/c1-43(27)33-44(2,28)35-46(30,40-24-17-9-4-10-18-24)37-48(32,42-26-21-13-6-14-22-26)38-47(31,41-25-19-11-5-12-20-25)36-45(29,34-43)39-23-15-7-3-8-16-23/h3-22H,1-2H3. The van der Waals surface area contributed by atoms with Crippen LogP contribution < -0.4 is 18.1 Å². The van der Waals surface area contributed by atoms with Crippen LogP contribution in [0.25, 0.3) is 0 Å². The zero-order valence-corrected chi connectivity index (χ0v) is 30.2. The van der Waals surface area contributed by atoms with E-state index in [1.54, 1.807) is 12.1 Å². The Kier molecular flexibility index (Phi) is 11.0. The van der Waals surface area contributed by atoms with Crippen molar-refractivity contribution in [3.8, 4) is 23.0 Å². The molecule has 0 bridgehead atoms. The highest BCUT2D eigenvalue weighted by Gasteiger charge is 2.42. The maximum atomic E-state index is 17.2. The van der Waals surface area contributed by atoms with Crippen molar-refractivity contribution in [3.63, 3.8) is 0 Å². The lowest BCUT2D eigenvalue weighted by Gasteiger charge is -2.22. The van der Waals surface area contributed by atoms with Gasteiger partial charge in [0.15, 0.2) is 0 Å². The minimum absolute atomic E-state index is 0.293. The molecule has 1 aliphatic heterocycles. The first-order valence-corrected chi connectivity index (χ1v) is 23.6. The fourth-order valence-electron chi connectivity index (χ4n) is 3.82. The second-order valence-corrected chi connectivity index (χ2v) is 21.7. The fourth-order valence-corrected chi connectivity index (χ4v) is 18.2. The molecule has 0 spiro atoms. The summed E-state index contributed by atoms with van der Waals surface area (Å²) in [6.07, 6.45) is 0. The van der Waals surface area contributed by atoms with Crippen molar-refractivity contribution >= 4 is 46.0 Å². The van der Waals surface area contributed by atoms with Crippen molar-refractivity contribution in [3.05, 3.63) is 121 Å². The van der Waals surface area contributed by atoms with E-state index in [1.807, 2.05) is 0 Å². The number of benzene rings is 4. The summed E-state index contributed by atoms with van der Waals surface area (Å²) >= 11 is 0. The molecule has 22 heteroatoms. The molecule has 0 saturated carbocycles. The molecular weight excluding hydrogens is 760 g/mol. The van der Waals surface area contributed by atoms with Gasteiger partial charge in [-0.3, -0.25) is 0 Å². The lowest BCUT2D eigenvalue weighted by molar-refractivity contribution is 0.526. The van der Waals surface area contributed by atoms with Gasteiger partial charge in [-0.2, -0.15) is 12.9 Å². The topological polar surface area (TPSA) is 111 Å². The summed E-state index contributed by atoms with van der Waals surface area (Å²) in [5.74, 6) is -1.25. The highest BCUT2D eigenvalue weighted by atomic mass is 31.3. The summed E-state index contributed by atoms with van der Waals surface area (Å²) in [7, 11) is -33.1. The molecule has 0 N–H and O–H groups in total. The van der Waals surface area contributed by atoms with E-state index in [2.05, 4.69) is 27.1 Å². The number of para-hydroxylation sites is 4. The first-order chi connectivity index (χ1) is 22.6. The van der Waals surface area contributed by atoms with E-state index in [4.69, 9.17) is 18.1 Å². The van der Waals surface area contributed by atoms with Gasteiger partial charge in [0.2, 0.25) is 15.0 Å². The predicted octanol–water partition coefficient (Wildman–Crippen LogP) is 15.2. The third-order valence-electron chi connectivity index (χ3n) is 5.39.